The van der Waals surface area contributed by atoms with Gasteiger partial charge < -0.3 is 10.4 Å². The summed E-state index contributed by atoms with van der Waals surface area (Å²) in [6.45, 7) is 2.06. The molecule has 2 aromatic rings. The summed E-state index contributed by atoms with van der Waals surface area (Å²) in [4.78, 5) is 15.3. The highest BCUT2D eigenvalue weighted by atomic mass is 19.1. The molecule has 110 valence electrons. The van der Waals surface area contributed by atoms with E-state index in [1.807, 2.05) is 6.07 Å². The van der Waals surface area contributed by atoms with Gasteiger partial charge in [0.1, 0.15) is 11.9 Å². The Morgan fingerprint density at radius 3 is 2.81 bits per heavy atom. The Morgan fingerprint density at radius 2 is 2.19 bits per heavy atom. The maximum Gasteiger partial charge on any atom is 0.321 e. The third-order valence-corrected chi connectivity index (χ3v) is 3.24. The van der Waals surface area contributed by atoms with Crippen LogP contribution in [0.2, 0.25) is 0 Å². The number of carboxylic acids is 1. The first-order valence-electron chi connectivity index (χ1n) is 6.66. The topological polar surface area (TPSA) is 62.2 Å². The third kappa shape index (κ3) is 4.36. The van der Waals surface area contributed by atoms with Crippen molar-refractivity contribution >= 4 is 5.97 Å². The highest BCUT2D eigenvalue weighted by molar-refractivity contribution is 5.73. The predicted molar refractivity (Wildman–Crippen MR) is 77.3 cm³/mol. The van der Waals surface area contributed by atoms with Crippen LogP contribution in [-0.4, -0.2) is 22.1 Å². The molecular formula is C16H17FN2O2. The summed E-state index contributed by atoms with van der Waals surface area (Å²) in [7, 11) is 0. The number of nitrogens with one attached hydrogen (secondary N) is 1. The summed E-state index contributed by atoms with van der Waals surface area (Å²) < 4.78 is 13.2. The van der Waals surface area contributed by atoms with Gasteiger partial charge in [-0.3, -0.25) is 9.78 Å². The molecule has 1 aromatic heterocycles. The molecule has 1 heterocycles. The van der Waals surface area contributed by atoms with E-state index in [-0.39, 0.29) is 5.82 Å². The van der Waals surface area contributed by atoms with Gasteiger partial charge in [0.15, 0.2) is 0 Å². The van der Waals surface area contributed by atoms with Crippen LogP contribution in [-0.2, 0) is 17.8 Å². The molecule has 4 nitrogen and oxygen atoms in total. The minimum Gasteiger partial charge on any atom is -0.480 e. The van der Waals surface area contributed by atoms with Crippen molar-refractivity contribution in [2.24, 2.45) is 0 Å². The van der Waals surface area contributed by atoms with Crippen molar-refractivity contribution in [1.82, 2.24) is 10.3 Å². The van der Waals surface area contributed by atoms with Crippen LogP contribution >= 0.6 is 0 Å². The van der Waals surface area contributed by atoms with E-state index in [0.29, 0.717) is 18.5 Å². The van der Waals surface area contributed by atoms with Gasteiger partial charge >= 0.3 is 5.97 Å². The summed E-state index contributed by atoms with van der Waals surface area (Å²) in [5.41, 5.74) is 2.26. The van der Waals surface area contributed by atoms with Gasteiger partial charge in [-0.25, -0.2) is 4.39 Å². The van der Waals surface area contributed by atoms with E-state index in [0.717, 1.165) is 11.1 Å². The number of aryl methyl sites for hydroxylation is 1. The minimum absolute atomic E-state index is 0.260. The van der Waals surface area contributed by atoms with E-state index in [1.54, 1.807) is 37.5 Å². The van der Waals surface area contributed by atoms with E-state index in [9.17, 15) is 14.3 Å². The summed E-state index contributed by atoms with van der Waals surface area (Å²) in [6, 6.07) is 7.66. The zero-order chi connectivity index (χ0) is 15.2. The number of rotatable bonds is 6. The SMILES string of the molecule is Cc1cc(CNC(Cc2cccnc2)C(=O)O)ccc1F. The highest BCUT2D eigenvalue weighted by Crippen LogP contribution is 2.10. The quantitative estimate of drug-likeness (QED) is 0.856. The lowest BCUT2D eigenvalue weighted by Crippen LogP contribution is -2.38. The maximum atomic E-state index is 13.2. The van der Waals surface area contributed by atoms with Crippen LogP contribution in [0.5, 0.6) is 0 Å². The number of carboxylic acid groups (broad SMARTS) is 1. The van der Waals surface area contributed by atoms with Crippen molar-refractivity contribution in [3.8, 4) is 0 Å². The van der Waals surface area contributed by atoms with Crippen molar-refractivity contribution in [3.63, 3.8) is 0 Å². The van der Waals surface area contributed by atoms with Crippen molar-refractivity contribution in [2.45, 2.75) is 25.9 Å². The van der Waals surface area contributed by atoms with E-state index in [2.05, 4.69) is 10.3 Å². The van der Waals surface area contributed by atoms with Crippen molar-refractivity contribution in [3.05, 3.63) is 65.2 Å². The zero-order valence-corrected chi connectivity index (χ0v) is 11.7. The molecule has 1 unspecified atom stereocenters. The normalized spacial score (nSPS) is 12.1. The molecule has 2 N–H and O–H groups in total. The smallest absolute Gasteiger partial charge is 0.321 e. The fourth-order valence-corrected chi connectivity index (χ4v) is 2.06. The number of hydrogen-bond acceptors (Lipinski definition) is 3. The summed E-state index contributed by atoms with van der Waals surface area (Å²) in [6.07, 6.45) is 3.65. The van der Waals surface area contributed by atoms with Crippen molar-refractivity contribution < 1.29 is 14.3 Å². The van der Waals surface area contributed by atoms with Gasteiger partial charge in [0.2, 0.25) is 0 Å². The van der Waals surface area contributed by atoms with Gasteiger partial charge in [0.25, 0.3) is 0 Å². The number of halogens is 1. The van der Waals surface area contributed by atoms with Gasteiger partial charge in [-0.05, 0) is 42.2 Å². The Kier molecular flexibility index (Phi) is 5.00. The molecule has 0 bridgehead atoms. The molecule has 2 rings (SSSR count). The molecule has 0 aliphatic heterocycles. The number of nitrogens with zero attached hydrogens (tertiary/aromatic N) is 1. The highest BCUT2D eigenvalue weighted by Gasteiger charge is 2.17. The average Bonchev–Trinajstić information content (AvgIpc) is 2.47. The third-order valence-electron chi connectivity index (χ3n) is 3.24. The van der Waals surface area contributed by atoms with E-state index in [4.69, 9.17) is 0 Å². The van der Waals surface area contributed by atoms with Crippen LogP contribution in [0.15, 0.2) is 42.7 Å². The molecule has 0 saturated heterocycles. The number of aromatic nitrogens is 1. The summed E-state index contributed by atoms with van der Waals surface area (Å²) in [5, 5.41) is 12.2. The monoisotopic (exact) mass is 288 g/mol. The molecule has 0 spiro atoms. The Balaban J connectivity index is 2.00. The Morgan fingerprint density at radius 1 is 1.38 bits per heavy atom. The molecule has 0 aliphatic carbocycles. The average molecular weight is 288 g/mol. The second-order valence-corrected chi connectivity index (χ2v) is 4.92. The Hall–Kier alpha value is -2.27. The fourth-order valence-electron chi connectivity index (χ4n) is 2.06. The first-order chi connectivity index (χ1) is 10.1. The van der Waals surface area contributed by atoms with Crippen LogP contribution in [0, 0.1) is 12.7 Å². The van der Waals surface area contributed by atoms with Crippen molar-refractivity contribution in [1.29, 1.82) is 0 Å². The number of benzene rings is 1. The molecule has 0 amide bonds. The molecule has 21 heavy (non-hydrogen) atoms. The number of carbonyl (C=O) groups is 1. The van der Waals surface area contributed by atoms with Gasteiger partial charge in [0.05, 0.1) is 0 Å². The molecule has 0 radical (unpaired) electrons. The van der Waals surface area contributed by atoms with Crippen LogP contribution in [0.4, 0.5) is 4.39 Å². The van der Waals surface area contributed by atoms with E-state index >= 15 is 0 Å². The van der Waals surface area contributed by atoms with Gasteiger partial charge in [0, 0.05) is 18.9 Å². The molecule has 0 fully saturated rings. The molecule has 1 aromatic carbocycles. The maximum absolute atomic E-state index is 13.2. The second-order valence-electron chi connectivity index (χ2n) is 4.92. The van der Waals surface area contributed by atoms with Gasteiger partial charge in [-0.15, -0.1) is 0 Å². The van der Waals surface area contributed by atoms with Crippen molar-refractivity contribution in [2.75, 3.05) is 0 Å². The Bertz CT molecular complexity index is 617. The van der Waals surface area contributed by atoms with Crippen LogP contribution in [0.1, 0.15) is 16.7 Å². The predicted octanol–water partition coefficient (Wildman–Crippen LogP) is 2.31. The van der Waals surface area contributed by atoms with Crippen LogP contribution in [0.3, 0.4) is 0 Å². The zero-order valence-electron chi connectivity index (χ0n) is 11.7. The number of pyridine rings is 1. The fraction of sp³-hybridized carbons (Fsp3) is 0.250. The number of aliphatic carboxylic acids is 1. The molecular weight excluding hydrogens is 271 g/mol. The van der Waals surface area contributed by atoms with Gasteiger partial charge in [-0.1, -0.05) is 18.2 Å². The summed E-state index contributed by atoms with van der Waals surface area (Å²) in [5.74, 6) is -1.18. The first kappa shape index (κ1) is 15.1. The standard InChI is InChI=1S/C16H17FN2O2/c1-11-7-13(4-5-14(11)17)10-19-15(16(20)21)8-12-3-2-6-18-9-12/h2-7,9,15,19H,8,10H2,1H3,(H,20,21). The Labute approximate surface area is 122 Å². The van der Waals surface area contributed by atoms with E-state index in [1.165, 1.54) is 6.07 Å². The molecule has 0 aliphatic rings. The molecule has 0 saturated carbocycles. The summed E-state index contributed by atoms with van der Waals surface area (Å²) >= 11 is 0. The van der Waals surface area contributed by atoms with Crippen LogP contribution in [0.25, 0.3) is 0 Å². The lowest BCUT2D eigenvalue weighted by Gasteiger charge is -2.14. The number of hydrogen-bond donors (Lipinski definition) is 2. The lowest BCUT2D eigenvalue weighted by atomic mass is 10.1. The first-order valence-corrected chi connectivity index (χ1v) is 6.66. The minimum atomic E-state index is -0.919. The lowest BCUT2D eigenvalue weighted by molar-refractivity contribution is -0.139. The largest absolute Gasteiger partial charge is 0.480 e. The molecule has 5 heteroatoms. The van der Waals surface area contributed by atoms with E-state index < -0.39 is 12.0 Å². The van der Waals surface area contributed by atoms with Crippen LogP contribution < -0.4 is 5.32 Å². The molecule has 1 atom stereocenters. The van der Waals surface area contributed by atoms with Gasteiger partial charge in [-0.2, -0.15) is 0 Å². The second kappa shape index (κ2) is 6.95.